The molecule has 8 rings (SSSR count). The van der Waals surface area contributed by atoms with Crippen molar-refractivity contribution < 1.29 is 0 Å². The molecular weight excluding hydrogens is 540 g/mol. The van der Waals surface area contributed by atoms with Gasteiger partial charge >= 0.3 is 0 Å². The molecule has 44 heavy (non-hydrogen) atoms. The van der Waals surface area contributed by atoms with E-state index < -0.39 is 0 Å². The highest BCUT2D eigenvalue weighted by atomic mass is 15.0. The van der Waals surface area contributed by atoms with Crippen LogP contribution in [0.2, 0.25) is 0 Å². The Morgan fingerprint density at radius 2 is 0.955 bits per heavy atom. The maximum atomic E-state index is 5.13. The highest BCUT2D eigenvalue weighted by Gasteiger charge is 2.17. The predicted molar refractivity (Wildman–Crippen MR) is 175 cm³/mol. The number of pyridine rings is 3. The number of benzene rings is 4. The molecule has 0 atom stereocenters. The monoisotopic (exact) mass is 564 g/mol. The standard InChI is InChI=1S/C38H24N6/c1-4-11-25(12-5-1)28-21-29(34-31-18-20-39-24-32(31)35-33(41-34)17-10-19-40-35)23-30(22-28)38-43-36(26-13-6-2-7-14-26)42-37(44-38)27-15-8-3-9-16-27/h1-24H. The summed E-state index contributed by atoms with van der Waals surface area (Å²) in [6, 6.07) is 42.7. The number of hydrogen-bond donors (Lipinski definition) is 0. The van der Waals surface area contributed by atoms with Gasteiger partial charge in [-0.25, -0.2) is 19.9 Å². The molecule has 0 fully saturated rings. The van der Waals surface area contributed by atoms with Crippen LogP contribution in [0.1, 0.15) is 0 Å². The molecule has 8 aromatic rings. The lowest BCUT2D eigenvalue weighted by Gasteiger charge is -2.14. The fourth-order valence-electron chi connectivity index (χ4n) is 5.51. The summed E-state index contributed by atoms with van der Waals surface area (Å²) in [6.45, 7) is 0. The molecule has 4 aromatic carbocycles. The average Bonchev–Trinajstić information content (AvgIpc) is 3.12. The molecule has 0 N–H and O–H groups in total. The van der Waals surface area contributed by atoms with E-state index in [2.05, 4.69) is 40.3 Å². The first-order chi connectivity index (χ1) is 21.8. The molecule has 6 heteroatoms. The Morgan fingerprint density at radius 1 is 0.386 bits per heavy atom. The van der Waals surface area contributed by atoms with Gasteiger partial charge in [0.05, 0.1) is 16.7 Å². The number of fused-ring (bicyclic) bond motifs is 3. The molecule has 0 saturated carbocycles. The highest BCUT2D eigenvalue weighted by Crippen LogP contribution is 2.36. The summed E-state index contributed by atoms with van der Waals surface area (Å²) in [7, 11) is 0. The second-order valence-electron chi connectivity index (χ2n) is 10.5. The smallest absolute Gasteiger partial charge is 0.164 e. The summed E-state index contributed by atoms with van der Waals surface area (Å²) in [5.74, 6) is 1.82. The molecule has 0 aliphatic heterocycles. The third-order valence-corrected chi connectivity index (χ3v) is 7.62. The van der Waals surface area contributed by atoms with Gasteiger partial charge in [-0.3, -0.25) is 9.97 Å². The molecule has 206 valence electrons. The molecule has 4 heterocycles. The van der Waals surface area contributed by atoms with Gasteiger partial charge in [0, 0.05) is 51.6 Å². The van der Waals surface area contributed by atoms with Gasteiger partial charge in [-0.1, -0.05) is 91.0 Å². The van der Waals surface area contributed by atoms with E-state index in [0.29, 0.717) is 17.5 Å². The van der Waals surface area contributed by atoms with E-state index >= 15 is 0 Å². The largest absolute Gasteiger partial charge is 0.264 e. The van der Waals surface area contributed by atoms with Crippen molar-refractivity contribution in [2.24, 2.45) is 0 Å². The molecule has 0 unspecified atom stereocenters. The molecule has 0 aliphatic rings. The molecule has 0 saturated heterocycles. The van der Waals surface area contributed by atoms with E-state index in [9.17, 15) is 0 Å². The van der Waals surface area contributed by atoms with Crippen molar-refractivity contribution in [3.63, 3.8) is 0 Å². The first-order valence-electron chi connectivity index (χ1n) is 14.4. The maximum Gasteiger partial charge on any atom is 0.164 e. The Bertz CT molecular complexity index is 2210. The fraction of sp³-hybridized carbons (Fsp3) is 0. The normalized spacial score (nSPS) is 11.2. The average molecular weight is 565 g/mol. The second-order valence-corrected chi connectivity index (χ2v) is 10.5. The summed E-state index contributed by atoms with van der Waals surface area (Å²) in [6.07, 6.45) is 5.45. The molecule has 0 amide bonds. The Morgan fingerprint density at radius 3 is 1.61 bits per heavy atom. The van der Waals surface area contributed by atoms with E-state index in [4.69, 9.17) is 19.9 Å². The van der Waals surface area contributed by atoms with Crippen LogP contribution < -0.4 is 0 Å². The number of aromatic nitrogens is 6. The van der Waals surface area contributed by atoms with E-state index in [1.165, 1.54) is 0 Å². The summed E-state index contributed by atoms with van der Waals surface area (Å²) in [4.78, 5) is 29.1. The minimum atomic E-state index is 0.588. The van der Waals surface area contributed by atoms with Gasteiger partial charge in [-0.15, -0.1) is 0 Å². The Kier molecular flexibility index (Phi) is 6.35. The SMILES string of the molecule is c1ccc(-c2cc(-c3nc(-c4ccccc4)nc(-c4ccccc4)n3)cc(-c3nc4cccnc4c4cnccc34)c2)cc1. The summed E-state index contributed by atoms with van der Waals surface area (Å²) < 4.78 is 0. The zero-order chi connectivity index (χ0) is 29.3. The van der Waals surface area contributed by atoms with Gasteiger partial charge in [0.25, 0.3) is 0 Å². The van der Waals surface area contributed by atoms with Crippen molar-refractivity contribution >= 4 is 21.8 Å². The Hall–Kier alpha value is -6.14. The van der Waals surface area contributed by atoms with Crippen LogP contribution in [0.3, 0.4) is 0 Å². The van der Waals surface area contributed by atoms with Crippen molar-refractivity contribution in [3.05, 3.63) is 146 Å². The van der Waals surface area contributed by atoms with Crippen molar-refractivity contribution in [1.82, 2.24) is 29.9 Å². The lowest BCUT2D eigenvalue weighted by molar-refractivity contribution is 1.07. The summed E-state index contributed by atoms with van der Waals surface area (Å²) in [5.41, 5.74) is 8.29. The first kappa shape index (κ1) is 25.6. The van der Waals surface area contributed by atoms with E-state index in [0.717, 1.165) is 60.9 Å². The van der Waals surface area contributed by atoms with Crippen molar-refractivity contribution in [3.8, 4) is 56.5 Å². The molecular formula is C38H24N6. The van der Waals surface area contributed by atoms with Gasteiger partial charge in [0.1, 0.15) is 0 Å². The second kappa shape index (κ2) is 10.9. The lowest BCUT2D eigenvalue weighted by Crippen LogP contribution is -2.01. The van der Waals surface area contributed by atoms with Crippen LogP contribution in [0.25, 0.3) is 78.4 Å². The van der Waals surface area contributed by atoms with E-state index in [-0.39, 0.29) is 0 Å². The first-order valence-corrected chi connectivity index (χ1v) is 14.4. The van der Waals surface area contributed by atoms with Crippen LogP contribution in [0.5, 0.6) is 0 Å². The van der Waals surface area contributed by atoms with Crippen LogP contribution in [0, 0.1) is 0 Å². The molecule has 6 nitrogen and oxygen atoms in total. The molecule has 0 radical (unpaired) electrons. The summed E-state index contributed by atoms with van der Waals surface area (Å²) >= 11 is 0. The molecule has 4 aromatic heterocycles. The van der Waals surface area contributed by atoms with Crippen molar-refractivity contribution in [2.45, 2.75) is 0 Å². The zero-order valence-corrected chi connectivity index (χ0v) is 23.5. The van der Waals surface area contributed by atoms with Crippen LogP contribution in [0.4, 0.5) is 0 Å². The Balaban J connectivity index is 1.41. The van der Waals surface area contributed by atoms with Crippen LogP contribution in [-0.4, -0.2) is 29.9 Å². The molecule has 0 bridgehead atoms. The number of rotatable bonds is 5. The van der Waals surface area contributed by atoms with Crippen LogP contribution >= 0.6 is 0 Å². The van der Waals surface area contributed by atoms with E-state index in [1.807, 2.05) is 103 Å². The number of nitrogens with zero attached hydrogens (tertiary/aromatic N) is 6. The topological polar surface area (TPSA) is 77.3 Å². The van der Waals surface area contributed by atoms with Crippen LogP contribution in [-0.2, 0) is 0 Å². The molecule has 0 spiro atoms. The zero-order valence-electron chi connectivity index (χ0n) is 23.5. The number of hydrogen-bond acceptors (Lipinski definition) is 6. The quantitative estimate of drug-likeness (QED) is 0.195. The van der Waals surface area contributed by atoms with Gasteiger partial charge in [-0.05, 0) is 47.5 Å². The third kappa shape index (κ3) is 4.74. The predicted octanol–water partition coefficient (Wildman–Crippen LogP) is 8.70. The fourth-order valence-corrected chi connectivity index (χ4v) is 5.51. The third-order valence-electron chi connectivity index (χ3n) is 7.62. The summed E-state index contributed by atoms with van der Waals surface area (Å²) in [5, 5.41) is 1.94. The molecule has 0 aliphatic carbocycles. The van der Waals surface area contributed by atoms with Gasteiger partial charge < -0.3 is 0 Å². The maximum absolute atomic E-state index is 5.13. The van der Waals surface area contributed by atoms with Crippen molar-refractivity contribution in [1.29, 1.82) is 0 Å². The highest BCUT2D eigenvalue weighted by molar-refractivity contribution is 6.09. The minimum absolute atomic E-state index is 0.588. The van der Waals surface area contributed by atoms with Gasteiger partial charge in [0.2, 0.25) is 0 Å². The van der Waals surface area contributed by atoms with Crippen LogP contribution in [0.15, 0.2) is 146 Å². The lowest BCUT2D eigenvalue weighted by atomic mass is 9.95. The minimum Gasteiger partial charge on any atom is -0.264 e. The Labute approximate surface area is 253 Å². The van der Waals surface area contributed by atoms with Gasteiger partial charge in [0.15, 0.2) is 17.5 Å². The van der Waals surface area contributed by atoms with Crippen molar-refractivity contribution in [2.75, 3.05) is 0 Å². The van der Waals surface area contributed by atoms with Gasteiger partial charge in [-0.2, -0.15) is 0 Å². The van der Waals surface area contributed by atoms with E-state index in [1.54, 1.807) is 12.4 Å².